The second-order valence-electron chi connectivity index (χ2n) is 8.62. The normalized spacial score (nSPS) is 14.3. The average Bonchev–Trinajstić information content (AvgIpc) is 2.86. The van der Waals surface area contributed by atoms with Gasteiger partial charge in [-0.15, -0.1) is 0 Å². The molecule has 10 heteroatoms. The van der Waals surface area contributed by atoms with Gasteiger partial charge in [0.25, 0.3) is 17.5 Å². The number of hydrogen-bond donors (Lipinski definition) is 2. The first-order chi connectivity index (χ1) is 16.7. The quantitative estimate of drug-likeness (QED) is 0.441. The summed E-state index contributed by atoms with van der Waals surface area (Å²) in [6.45, 7) is 7.53. The Morgan fingerprint density at radius 1 is 1.03 bits per heavy atom. The molecule has 0 saturated carbocycles. The number of amides is 3. The number of piperazine rings is 1. The van der Waals surface area contributed by atoms with Crippen LogP contribution in [0.2, 0.25) is 0 Å². The molecular formula is C25H31N5O5. The van der Waals surface area contributed by atoms with Crippen LogP contribution in [-0.4, -0.2) is 59.8 Å². The van der Waals surface area contributed by atoms with E-state index in [1.54, 1.807) is 41.3 Å². The van der Waals surface area contributed by atoms with E-state index in [1.165, 1.54) is 13.0 Å². The van der Waals surface area contributed by atoms with Crippen LogP contribution >= 0.6 is 0 Å². The molecule has 10 nitrogen and oxygen atoms in total. The van der Waals surface area contributed by atoms with E-state index in [1.807, 2.05) is 18.7 Å². The SMILES string of the molecule is CCC(C)NC(=O)c1cccc(CNC(=O)c2ccc(N3CCN(C(C)=O)CC3)c([N+](=O)[O-])c2)c1. The van der Waals surface area contributed by atoms with Crippen molar-refractivity contribution in [2.75, 3.05) is 31.1 Å². The Balaban J connectivity index is 1.68. The van der Waals surface area contributed by atoms with Gasteiger partial charge < -0.3 is 20.4 Å². The fraction of sp³-hybridized carbons (Fsp3) is 0.400. The van der Waals surface area contributed by atoms with Crippen LogP contribution in [0.5, 0.6) is 0 Å². The van der Waals surface area contributed by atoms with E-state index in [-0.39, 0.29) is 35.7 Å². The first kappa shape index (κ1) is 25.7. The highest BCUT2D eigenvalue weighted by atomic mass is 16.6. The van der Waals surface area contributed by atoms with Gasteiger partial charge in [-0.2, -0.15) is 0 Å². The van der Waals surface area contributed by atoms with Gasteiger partial charge in [0.05, 0.1) is 4.92 Å². The molecule has 35 heavy (non-hydrogen) atoms. The maximum atomic E-state index is 12.7. The minimum atomic E-state index is -0.497. The van der Waals surface area contributed by atoms with Crippen molar-refractivity contribution in [3.05, 3.63) is 69.3 Å². The lowest BCUT2D eigenvalue weighted by Gasteiger charge is -2.35. The summed E-state index contributed by atoms with van der Waals surface area (Å²) in [6.07, 6.45) is 0.820. The number of nitro benzene ring substituents is 1. The first-order valence-corrected chi connectivity index (χ1v) is 11.7. The number of rotatable bonds is 8. The summed E-state index contributed by atoms with van der Waals surface area (Å²) in [5.74, 6) is -0.647. The predicted octanol–water partition coefficient (Wildman–Crippen LogP) is 2.72. The molecule has 0 bridgehead atoms. The third kappa shape index (κ3) is 6.56. The molecule has 1 saturated heterocycles. The Bertz CT molecular complexity index is 1110. The van der Waals surface area contributed by atoms with Crippen LogP contribution in [0.4, 0.5) is 11.4 Å². The van der Waals surface area contributed by atoms with E-state index in [0.29, 0.717) is 37.4 Å². The molecule has 0 aliphatic carbocycles. The van der Waals surface area contributed by atoms with E-state index >= 15 is 0 Å². The largest absolute Gasteiger partial charge is 0.362 e. The van der Waals surface area contributed by atoms with E-state index in [2.05, 4.69) is 10.6 Å². The van der Waals surface area contributed by atoms with E-state index in [0.717, 1.165) is 12.0 Å². The van der Waals surface area contributed by atoms with Crippen molar-refractivity contribution in [2.24, 2.45) is 0 Å². The minimum absolute atomic E-state index is 0.0205. The summed E-state index contributed by atoms with van der Waals surface area (Å²) in [5, 5.41) is 17.4. The molecule has 2 aromatic rings. The summed E-state index contributed by atoms with van der Waals surface area (Å²) in [7, 11) is 0. The number of nitro groups is 1. The zero-order valence-corrected chi connectivity index (χ0v) is 20.2. The number of benzene rings is 2. The number of carbonyl (C=O) groups is 3. The van der Waals surface area contributed by atoms with Crippen molar-refractivity contribution in [2.45, 2.75) is 39.8 Å². The van der Waals surface area contributed by atoms with E-state index in [9.17, 15) is 24.5 Å². The lowest BCUT2D eigenvalue weighted by atomic mass is 10.1. The van der Waals surface area contributed by atoms with Crippen LogP contribution in [0.25, 0.3) is 0 Å². The van der Waals surface area contributed by atoms with Crippen LogP contribution in [0.1, 0.15) is 53.5 Å². The van der Waals surface area contributed by atoms with Crippen LogP contribution in [0.15, 0.2) is 42.5 Å². The maximum Gasteiger partial charge on any atom is 0.293 e. The van der Waals surface area contributed by atoms with Crippen molar-refractivity contribution in [3.8, 4) is 0 Å². The predicted molar refractivity (Wildman–Crippen MR) is 132 cm³/mol. The topological polar surface area (TPSA) is 125 Å². The van der Waals surface area contributed by atoms with Crippen LogP contribution < -0.4 is 15.5 Å². The molecular weight excluding hydrogens is 450 g/mol. The second kappa shape index (κ2) is 11.5. The molecule has 2 aromatic carbocycles. The molecule has 1 heterocycles. The molecule has 0 spiro atoms. The minimum Gasteiger partial charge on any atom is -0.362 e. The van der Waals surface area contributed by atoms with Crippen LogP contribution in [0, 0.1) is 10.1 Å². The number of carbonyl (C=O) groups excluding carboxylic acids is 3. The monoisotopic (exact) mass is 481 g/mol. The third-order valence-electron chi connectivity index (χ3n) is 6.13. The molecule has 186 valence electrons. The zero-order chi connectivity index (χ0) is 25.5. The van der Waals surface area contributed by atoms with Crippen LogP contribution in [-0.2, 0) is 11.3 Å². The van der Waals surface area contributed by atoms with Crippen molar-refractivity contribution in [3.63, 3.8) is 0 Å². The number of hydrogen-bond acceptors (Lipinski definition) is 6. The number of nitrogens with zero attached hydrogens (tertiary/aromatic N) is 3. The fourth-order valence-corrected chi connectivity index (χ4v) is 3.86. The highest BCUT2D eigenvalue weighted by molar-refractivity contribution is 5.96. The van der Waals surface area contributed by atoms with Gasteiger partial charge in [0.2, 0.25) is 5.91 Å². The molecule has 1 aliphatic heterocycles. The highest BCUT2D eigenvalue weighted by Crippen LogP contribution is 2.30. The molecule has 0 radical (unpaired) electrons. The van der Waals surface area contributed by atoms with Gasteiger partial charge in [0.1, 0.15) is 5.69 Å². The Hall–Kier alpha value is -3.95. The Morgan fingerprint density at radius 3 is 2.34 bits per heavy atom. The van der Waals surface area contributed by atoms with Crippen molar-refractivity contribution < 1.29 is 19.3 Å². The van der Waals surface area contributed by atoms with Crippen molar-refractivity contribution in [1.82, 2.24) is 15.5 Å². The fourth-order valence-electron chi connectivity index (χ4n) is 3.86. The van der Waals surface area contributed by atoms with Crippen molar-refractivity contribution in [1.29, 1.82) is 0 Å². The van der Waals surface area contributed by atoms with Gasteiger partial charge in [-0.05, 0) is 43.2 Å². The average molecular weight is 482 g/mol. The molecule has 3 rings (SSSR count). The van der Waals surface area contributed by atoms with Gasteiger partial charge >= 0.3 is 0 Å². The highest BCUT2D eigenvalue weighted by Gasteiger charge is 2.26. The Labute approximate surface area is 204 Å². The molecule has 0 aromatic heterocycles. The standard InChI is InChI=1S/C25H31N5O5/c1-4-17(2)27-25(33)20-7-5-6-19(14-20)16-26-24(32)21-8-9-22(23(15-21)30(34)35)29-12-10-28(11-13-29)18(3)31/h5-9,14-15,17H,4,10-13,16H2,1-3H3,(H,26,32)(H,27,33). The smallest absolute Gasteiger partial charge is 0.293 e. The van der Waals surface area contributed by atoms with E-state index < -0.39 is 10.8 Å². The van der Waals surface area contributed by atoms with Gasteiger partial charge in [-0.25, -0.2) is 0 Å². The molecule has 1 fully saturated rings. The summed E-state index contributed by atoms with van der Waals surface area (Å²) < 4.78 is 0. The third-order valence-corrected chi connectivity index (χ3v) is 6.13. The number of anilines is 1. The Morgan fingerprint density at radius 2 is 1.71 bits per heavy atom. The Kier molecular flexibility index (Phi) is 8.40. The lowest BCUT2D eigenvalue weighted by molar-refractivity contribution is -0.384. The van der Waals surface area contributed by atoms with Gasteiger partial charge in [-0.3, -0.25) is 24.5 Å². The van der Waals surface area contributed by atoms with Crippen LogP contribution in [0.3, 0.4) is 0 Å². The molecule has 1 unspecified atom stereocenters. The second-order valence-corrected chi connectivity index (χ2v) is 8.62. The molecule has 1 aliphatic rings. The van der Waals surface area contributed by atoms with Gasteiger partial charge in [0.15, 0.2) is 0 Å². The maximum absolute atomic E-state index is 12.7. The molecule has 1 atom stereocenters. The summed E-state index contributed by atoms with van der Waals surface area (Å²) in [6, 6.07) is 11.4. The summed E-state index contributed by atoms with van der Waals surface area (Å²) in [5.41, 5.74) is 1.69. The zero-order valence-electron chi connectivity index (χ0n) is 20.2. The molecule has 3 amide bonds. The molecule has 2 N–H and O–H groups in total. The van der Waals surface area contributed by atoms with Crippen molar-refractivity contribution >= 4 is 29.1 Å². The van der Waals surface area contributed by atoms with Gasteiger partial charge in [0, 0.05) is 62.9 Å². The number of nitrogens with one attached hydrogen (secondary N) is 2. The first-order valence-electron chi connectivity index (χ1n) is 11.7. The van der Waals surface area contributed by atoms with Gasteiger partial charge in [-0.1, -0.05) is 19.1 Å². The summed E-state index contributed by atoms with van der Waals surface area (Å²) in [4.78, 5) is 51.4. The lowest BCUT2D eigenvalue weighted by Crippen LogP contribution is -2.48. The van der Waals surface area contributed by atoms with E-state index in [4.69, 9.17) is 0 Å². The summed E-state index contributed by atoms with van der Waals surface area (Å²) >= 11 is 0.